The Morgan fingerprint density at radius 3 is 2.60 bits per heavy atom. The Bertz CT molecular complexity index is 625. The van der Waals surface area contributed by atoms with Crippen molar-refractivity contribution in [3.05, 3.63) is 49.1 Å². The van der Waals surface area contributed by atoms with Gasteiger partial charge in [0.15, 0.2) is 0 Å². The largest absolute Gasteiger partial charge is 0.313 e. The topological polar surface area (TPSA) is 29.9 Å². The molecule has 0 saturated carbocycles. The average molecular weight is 422 g/mol. The maximum Gasteiger partial charge on any atom is 0.0738 e. The van der Waals surface area contributed by atoms with E-state index in [4.69, 9.17) is 11.6 Å². The van der Waals surface area contributed by atoms with Gasteiger partial charge in [-0.25, -0.2) is 0 Å². The molecule has 0 radical (unpaired) electrons. The molecule has 2 rings (SSSR count). The SMILES string of the molecule is CNC(Cc1c(Br)c(C)nn1C)c1ccc(Br)cc1Cl. The molecule has 0 aliphatic rings. The molecule has 0 fully saturated rings. The summed E-state index contributed by atoms with van der Waals surface area (Å²) >= 11 is 13.4. The van der Waals surface area contributed by atoms with E-state index in [2.05, 4.69) is 42.3 Å². The molecule has 6 heteroatoms. The number of halogens is 3. The number of aromatic nitrogens is 2. The minimum absolute atomic E-state index is 0.140. The molecule has 0 amide bonds. The van der Waals surface area contributed by atoms with Gasteiger partial charge in [0.05, 0.1) is 15.9 Å². The lowest BCUT2D eigenvalue weighted by atomic mass is 10.0. The third kappa shape index (κ3) is 3.27. The van der Waals surface area contributed by atoms with Gasteiger partial charge in [-0.15, -0.1) is 0 Å². The maximum atomic E-state index is 6.35. The van der Waals surface area contributed by atoms with Crippen molar-refractivity contribution in [1.29, 1.82) is 0 Å². The lowest BCUT2D eigenvalue weighted by Gasteiger charge is -2.18. The van der Waals surface area contributed by atoms with E-state index in [1.54, 1.807) is 0 Å². The Morgan fingerprint density at radius 1 is 1.40 bits per heavy atom. The zero-order valence-corrected chi connectivity index (χ0v) is 15.5. The van der Waals surface area contributed by atoms with E-state index in [0.29, 0.717) is 0 Å². The van der Waals surface area contributed by atoms with Crippen LogP contribution in [0.3, 0.4) is 0 Å². The van der Waals surface area contributed by atoms with Crippen molar-refractivity contribution in [2.45, 2.75) is 19.4 Å². The number of likely N-dealkylation sites (N-methyl/N-ethyl adjacent to an activating group) is 1. The molecule has 1 N–H and O–H groups in total. The van der Waals surface area contributed by atoms with Crippen LogP contribution in [0.2, 0.25) is 5.02 Å². The number of rotatable bonds is 4. The predicted molar refractivity (Wildman–Crippen MR) is 90.3 cm³/mol. The van der Waals surface area contributed by atoms with Crippen LogP contribution in [0.15, 0.2) is 27.1 Å². The van der Waals surface area contributed by atoms with Crippen LogP contribution in [-0.4, -0.2) is 16.8 Å². The fraction of sp³-hybridized carbons (Fsp3) is 0.357. The third-order valence-corrected chi connectivity index (χ3v) is 5.20. The summed E-state index contributed by atoms with van der Waals surface area (Å²) in [5.74, 6) is 0. The minimum Gasteiger partial charge on any atom is -0.313 e. The normalized spacial score (nSPS) is 12.7. The van der Waals surface area contributed by atoms with Crippen LogP contribution in [0.4, 0.5) is 0 Å². The molecular formula is C14H16Br2ClN3. The van der Waals surface area contributed by atoms with Gasteiger partial charge in [-0.05, 0) is 47.6 Å². The van der Waals surface area contributed by atoms with Crippen molar-refractivity contribution in [3.63, 3.8) is 0 Å². The Hall–Kier alpha value is -0.360. The van der Waals surface area contributed by atoms with Gasteiger partial charge in [0.25, 0.3) is 0 Å². The molecule has 108 valence electrons. The van der Waals surface area contributed by atoms with Gasteiger partial charge in [0.2, 0.25) is 0 Å². The second-order valence-corrected chi connectivity index (χ2v) is 6.80. The highest BCUT2D eigenvalue weighted by Crippen LogP contribution is 2.30. The number of nitrogens with one attached hydrogen (secondary N) is 1. The summed E-state index contributed by atoms with van der Waals surface area (Å²) in [4.78, 5) is 0. The quantitative estimate of drug-likeness (QED) is 0.793. The van der Waals surface area contributed by atoms with Gasteiger partial charge in [-0.2, -0.15) is 5.10 Å². The van der Waals surface area contributed by atoms with Crippen molar-refractivity contribution >= 4 is 43.5 Å². The van der Waals surface area contributed by atoms with Crippen molar-refractivity contribution in [2.24, 2.45) is 7.05 Å². The Morgan fingerprint density at radius 2 is 2.10 bits per heavy atom. The monoisotopic (exact) mass is 419 g/mol. The highest BCUT2D eigenvalue weighted by atomic mass is 79.9. The van der Waals surface area contributed by atoms with Crippen molar-refractivity contribution in [1.82, 2.24) is 15.1 Å². The van der Waals surface area contributed by atoms with Crippen LogP contribution < -0.4 is 5.32 Å². The van der Waals surface area contributed by atoms with Gasteiger partial charge in [-0.1, -0.05) is 33.6 Å². The molecule has 0 aliphatic carbocycles. The molecule has 2 aromatic rings. The lowest BCUT2D eigenvalue weighted by molar-refractivity contribution is 0.560. The zero-order chi connectivity index (χ0) is 14.9. The Balaban J connectivity index is 2.33. The second-order valence-electron chi connectivity index (χ2n) is 4.68. The molecular weight excluding hydrogens is 405 g/mol. The minimum atomic E-state index is 0.140. The first kappa shape index (κ1) is 16.0. The summed E-state index contributed by atoms with van der Waals surface area (Å²) in [6, 6.07) is 6.12. The predicted octanol–water partition coefficient (Wildman–Crippen LogP) is 4.41. The molecule has 1 aromatic heterocycles. The van der Waals surface area contributed by atoms with E-state index in [9.17, 15) is 0 Å². The first-order chi connectivity index (χ1) is 9.43. The molecule has 1 atom stereocenters. The van der Waals surface area contributed by atoms with E-state index < -0.39 is 0 Å². The summed E-state index contributed by atoms with van der Waals surface area (Å²) in [6.45, 7) is 1.99. The maximum absolute atomic E-state index is 6.35. The molecule has 20 heavy (non-hydrogen) atoms. The van der Waals surface area contributed by atoms with Gasteiger partial charge in [0.1, 0.15) is 0 Å². The highest BCUT2D eigenvalue weighted by molar-refractivity contribution is 9.10. The third-order valence-electron chi connectivity index (χ3n) is 3.35. The van der Waals surface area contributed by atoms with Crippen LogP contribution in [0.1, 0.15) is 23.0 Å². The molecule has 0 saturated heterocycles. The summed E-state index contributed by atoms with van der Waals surface area (Å²) in [6.07, 6.45) is 0.815. The number of benzene rings is 1. The number of hydrogen-bond donors (Lipinski definition) is 1. The van der Waals surface area contributed by atoms with Gasteiger partial charge < -0.3 is 5.32 Å². The Labute approximate surface area is 141 Å². The van der Waals surface area contributed by atoms with Crippen LogP contribution in [0.5, 0.6) is 0 Å². The molecule has 1 aromatic carbocycles. The summed E-state index contributed by atoms with van der Waals surface area (Å²) in [7, 11) is 3.91. The van der Waals surface area contributed by atoms with Gasteiger partial charge in [-0.3, -0.25) is 4.68 Å². The molecule has 3 nitrogen and oxygen atoms in total. The number of hydrogen-bond acceptors (Lipinski definition) is 2. The first-order valence-electron chi connectivity index (χ1n) is 6.24. The van der Waals surface area contributed by atoms with Crippen molar-refractivity contribution in [3.8, 4) is 0 Å². The average Bonchev–Trinajstić information content (AvgIpc) is 2.62. The Kier molecular flexibility index (Phi) is 5.29. The molecule has 1 heterocycles. The fourth-order valence-corrected chi connectivity index (χ4v) is 3.55. The molecule has 0 aliphatic heterocycles. The van der Waals surface area contributed by atoms with E-state index in [1.165, 1.54) is 0 Å². The van der Waals surface area contributed by atoms with E-state index in [-0.39, 0.29) is 6.04 Å². The summed E-state index contributed by atoms with van der Waals surface area (Å²) in [5, 5.41) is 8.52. The van der Waals surface area contributed by atoms with E-state index >= 15 is 0 Å². The standard InChI is InChI=1S/C14H16Br2ClN3/c1-8-14(16)13(20(3)19-8)7-12(18-2)10-5-4-9(15)6-11(10)17/h4-6,12,18H,7H2,1-3H3. The molecule has 0 spiro atoms. The lowest BCUT2D eigenvalue weighted by Crippen LogP contribution is -2.20. The van der Waals surface area contributed by atoms with E-state index in [0.717, 1.165) is 37.3 Å². The van der Waals surface area contributed by atoms with Crippen LogP contribution >= 0.6 is 43.5 Å². The van der Waals surface area contributed by atoms with Gasteiger partial charge in [0, 0.05) is 29.0 Å². The van der Waals surface area contributed by atoms with Gasteiger partial charge >= 0.3 is 0 Å². The molecule has 0 bridgehead atoms. The van der Waals surface area contributed by atoms with E-state index in [1.807, 2.05) is 43.9 Å². The van der Waals surface area contributed by atoms with Crippen LogP contribution in [0, 0.1) is 6.92 Å². The number of aryl methyl sites for hydroxylation is 2. The summed E-state index contributed by atoms with van der Waals surface area (Å²) in [5.41, 5.74) is 3.24. The summed E-state index contributed by atoms with van der Waals surface area (Å²) < 4.78 is 3.96. The fourth-order valence-electron chi connectivity index (χ4n) is 2.25. The van der Waals surface area contributed by atoms with Crippen molar-refractivity contribution < 1.29 is 0 Å². The van der Waals surface area contributed by atoms with Crippen molar-refractivity contribution in [2.75, 3.05) is 7.05 Å². The molecule has 1 unspecified atom stereocenters. The highest BCUT2D eigenvalue weighted by Gasteiger charge is 2.19. The number of nitrogens with zero attached hydrogens (tertiary/aromatic N) is 2. The smallest absolute Gasteiger partial charge is 0.0738 e. The second kappa shape index (κ2) is 6.60. The first-order valence-corrected chi connectivity index (χ1v) is 8.20. The van der Waals surface area contributed by atoms with Crippen LogP contribution in [0.25, 0.3) is 0 Å². The van der Waals surface area contributed by atoms with Crippen LogP contribution in [-0.2, 0) is 13.5 Å². The zero-order valence-electron chi connectivity index (χ0n) is 11.5.